The topological polar surface area (TPSA) is 40.5 Å². The van der Waals surface area contributed by atoms with E-state index in [4.69, 9.17) is 5.11 Å². The summed E-state index contributed by atoms with van der Waals surface area (Å²) in [5.41, 5.74) is 1.34. The molecule has 92 valence electrons. The van der Waals surface area contributed by atoms with Gasteiger partial charge in [0.05, 0.1) is 6.54 Å². The molecule has 3 heteroatoms. The van der Waals surface area contributed by atoms with Crippen LogP contribution in [0.25, 0.3) is 0 Å². The van der Waals surface area contributed by atoms with Crippen LogP contribution in [-0.4, -0.2) is 35.1 Å². The first-order chi connectivity index (χ1) is 8.25. The summed E-state index contributed by atoms with van der Waals surface area (Å²) < 4.78 is 0. The molecule has 1 aliphatic heterocycles. The molecule has 0 aromatic heterocycles. The van der Waals surface area contributed by atoms with E-state index in [1.54, 1.807) is 0 Å². The summed E-state index contributed by atoms with van der Waals surface area (Å²) in [5.74, 6) is -0.711. The van der Waals surface area contributed by atoms with Crippen molar-refractivity contribution in [2.75, 3.05) is 13.1 Å². The van der Waals surface area contributed by atoms with E-state index in [2.05, 4.69) is 29.2 Å². The molecule has 0 radical (unpaired) electrons. The summed E-state index contributed by atoms with van der Waals surface area (Å²) in [6.07, 6.45) is 4.38. The van der Waals surface area contributed by atoms with Gasteiger partial charge in [-0.1, -0.05) is 30.3 Å². The van der Waals surface area contributed by atoms with Gasteiger partial charge in [0, 0.05) is 6.04 Å². The Morgan fingerprint density at radius 1 is 1.35 bits per heavy atom. The van der Waals surface area contributed by atoms with Crippen molar-refractivity contribution in [3.8, 4) is 0 Å². The number of carboxylic acid groups (broad SMARTS) is 1. The number of carboxylic acids is 1. The van der Waals surface area contributed by atoms with Crippen LogP contribution >= 0.6 is 0 Å². The predicted octanol–water partition coefficient (Wildman–Crippen LogP) is 2.17. The first-order valence-corrected chi connectivity index (χ1v) is 6.25. The zero-order valence-electron chi connectivity index (χ0n) is 10.0. The molecule has 0 amide bonds. The van der Waals surface area contributed by atoms with Crippen molar-refractivity contribution in [3.05, 3.63) is 35.9 Å². The highest BCUT2D eigenvalue weighted by Crippen LogP contribution is 2.21. The summed E-state index contributed by atoms with van der Waals surface area (Å²) in [6.45, 7) is 1.13. The van der Waals surface area contributed by atoms with Crippen LogP contribution in [0.5, 0.6) is 0 Å². The molecule has 0 aliphatic carbocycles. The molecule has 0 spiro atoms. The quantitative estimate of drug-likeness (QED) is 0.847. The van der Waals surface area contributed by atoms with E-state index >= 15 is 0 Å². The minimum absolute atomic E-state index is 0.194. The first kappa shape index (κ1) is 12.1. The van der Waals surface area contributed by atoms with Crippen molar-refractivity contribution in [1.82, 2.24) is 4.90 Å². The monoisotopic (exact) mass is 233 g/mol. The Labute approximate surface area is 102 Å². The normalized spacial score (nSPS) is 20.6. The highest BCUT2D eigenvalue weighted by Gasteiger charge is 2.25. The molecule has 17 heavy (non-hydrogen) atoms. The molecule has 0 unspecified atom stereocenters. The third-order valence-corrected chi connectivity index (χ3v) is 3.45. The Morgan fingerprint density at radius 3 is 2.82 bits per heavy atom. The molecule has 1 N–H and O–H groups in total. The van der Waals surface area contributed by atoms with Crippen LogP contribution < -0.4 is 0 Å². The van der Waals surface area contributed by atoms with Gasteiger partial charge >= 0.3 is 5.97 Å². The maximum absolute atomic E-state index is 10.7. The predicted molar refractivity (Wildman–Crippen MR) is 67.0 cm³/mol. The maximum Gasteiger partial charge on any atom is 0.317 e. The molecular formula is C14H19NO2. The van der Waals surface area contributed by atoms with Gasteiger partial charge in [0.1, 0.15) is 0 Å². The van der Waals surface area contributed by atoms with Gasteiger partial charge < -0.3 is 5.11 Å². The molecular weight excluding hydrogens is 214 g/mol. The second-order valence-corrected chi connectivity index (χ2v) is 4.68. The molecule has 1 heterocycles. The SMILES string of the molecule is O=C(O)CN1CCC[C@@H]1CCc1ccccc1. The fourth-order valence-electron chi connectivity index (χ4n) is 2.58. The highest BCUT2D eigenvalue weighted by atomic mass is 16.4. The number of hydrogen-bond donors (Lipinski definition) is 1. The molecule has 0 bridgehead atoms. The van der Waals surface area contributed by atoms with E-state index in [-0.39, 0.29) is 6.54 Å². The number of carbonyl (C=O) groups is 1. The van der Waals surface area contributed by atoms with Crippen LogP contribution in [-0.2, 0) is 11.2 Å². The van der Waals surface area contributed by atoms with Crippen molar-refractivity contribution >= 4 is 5.97 Å². The fraction of sp³-hybridized carbons (Fsp3) is 0.500. The van der Waals surface area contributed by atoms with Crippen molar-refractivity contribution in [1.29, 1.82) is 0 Å². The summed E-state index contributed by atoms with van der Waals surface area (Å²) in [6, 6.07) is 10.9. The average molecular weight is 233 g/mol. The molecule has 1 aromatic carbocycles. The van der Waals surface area contributed by atoms with E-state index in [0.29, 0.717) is 6.04 Å². The van der Waals surface area contributed by atoms with E-state index < -0.39 is 5.97 Å². The molecule has 3 nitrogen and oxygen atoms in total. The molecule has 1 aliphatic rings. The molecule has 1 atom stereocenters. The van der Waals surface area contributed by atoms with Crippen LogP contribution in [0, 0.1) is 0 Å². The van der Waals surface area contributed by atoms with Gasteiger partial charge in [-0.05, 0) is 37.8 Å². The van der Waals surface area contributed by atoms with Gasteiger partial charge in [0.15, 0.2) is 0 Å². The lowest BCUT2D eigenvalue weighted by Crippen LogP contribution is -2.34. The minimum atomic E-state index is -0.711. The van der Waals surface area contributed by atoms with E-state index in [0.717, 1.165) is 32.2 Å². The lowest BCUT2D eigenvalue weighted by molar-refractivity contribution is -0.138. The largest absolute Gasteiger partial charge is 0.480 e. The molecule has 1 fully saturated rings. The first-order valence-electron chi connectivity index (χ1n) is 6.25. The lowest BCUT2D eigenvalue weighted by Gasteiger charge is -2.22. The fourth-order valence-corrected chi connectivity index (χ4v) is 2.58. The van der Waals surface area contributed by atoms with Gasteiger partial charge in [-0.15, -0.1) is 0 Å². The Balaban J connectivity index is 1.84. The Morgan fingerprint density at radius 2 is 2.12 bits per heavy atom. The third kappa shape index (κ3) is 3.56. The molecule has 2 rings (SSSR count). The second-order valence-electron chi connectivity index (χ2n) is 4.68. The van der Waals surface area contributed by atoms with Gasteiger partial charge in [0.2, 0.25) is 0 Å². The van der Waals surface area contributed by atoms with Crippen LogP contribution in [0.2, 0.25) is 0 Å². The third-order valence-electron chi connectivity index (χ3n) is 3.45. The minimum Gasteiger partial charge on any atom is -0.480 e. The van der Waals surface area contributed by atoms with Gasteiger partial charge in [0.25, 0.3) is 0 Å². The summed E-state index contributed by atoms with van der Waals surface area (Å²) in [7, 11) is 0. The smallest absolute Gasteiger partial charge is 0.317 e. The number of rotatable bonds is 5. The van der Waals surface area contributed by atoms with Gasteiger partial charge in [-0.3, -0.25) is 9.69 Å². The van der Waals surface area contributed by atoms with Gasteiger partial charge in [-0.25, -0.2) is 0 Å². The van der Waals surface area contributed by atoms with Crippen molar-refractivity contribution in [3.63, 3.8) is 0 Å². The van der Waals surface area contributed by atoms with Crippen molar-refractivity contribution in [2.45, 2.75) is 31.7 Å². The zero-order valence-corrected chi connectivity index (χ0v) is 10.0. The Bertz CT molecular complexity index is 364. The Hall–Kier alpha value is -1.35. The zero-order chi connectivity index (χ0) is 12.1. The van der Waals surface area contributed by atoms with Crippen LogP contribution in [0.4, 0.5) is 0 Å². The standard InChI is InChI=1S/C14H19NO2/c16-14(17)11-15-10-4-7-13(15)9-8-12-5-2-1-3-6-12/h1-3,5-6,13H,4,7-11H2,(H,16,17)/t13-/m1/s1. The summed E-state index contributed by atoms with van der Waals surface area (Å²) in [4.78, 5) is 12.8. The number of hydrogen-bond acceptors (Lipinski definition) is 2. The summed E-state index contributed by atoms with van der Waals surface area (Å²) >= 11 is 0. The number of benzene rings is 1. The maximum atomic E-state index is 10.7. The lowest BCUT2D eigenvalue weighted by atomic mass is 10.0. The van der Waals surface area contributed by atoms with E-state index in [9.17, 15) is 4.79 Å². The molecule has 1 aromatic rings. The van der Waals surface area contributed by atoms with E-state index in [1.165, 1.54) is 5.56 Å². The number of likely N-dealkylation sites (tertiary alicyclic amines) is 1. The van der Waals surface area contributed by atoms with Gasteiger partial charge in [-0.2, -0.15) is 0 Å². The van der Waals surface area contributed by atoms with E-state index in [1.807, 2.05) is 6.07 Å². The van der Waals surface area contributed by atoms with Crippen molar-refractivity contribution < 1.29 is 9.90 Å². The number of aryl methyl sites for hydroxylation is 1. The molecule has 0 saturated carbocycles. The number of nitrogens with zero attached hydrogens (tertiary/aromatic N) is 1. The second kappa shape index (κ2) is 5.82. The average Bonchev–Trinajstić information content (AvgIpc) is 2.74. The number of aliphatic carboxylic acids is 1. The Kier molecular flexibility index (Phi) is 4.15. The summed E-state index contributed by atoms with van der Waals surface area (Å²) in [5, 5.41) is 8.84. The molecule has 1 saturated heterocycles. The highest BCUT2D eigenvalue weighted by molar-refractivity contribution is 5.69. The van der Waals surface area contributed by atoms with Crippen molar-refractivity contribution in [2.24, 2.45) is 0 Å². The van der Waals surface area contributed by atoms with Crippen LogP contribution in [0.1, 0.15) is 24.8 Å². The van der Waals surface area contributed by atoms with Crippen LogP contribution in [0.3, 0.4) is 0 Å². The van der Waals surface area contributed by atoms with Crippen LogP contribution in [0.15, 0.2) is 30.3 Å².